The summed E-state index contributed by atoms with van der Waals surface area (Å²) in [5, 5.41) is 23.8. The van der Waals surface area contributed by atoms with Crippen LogP contribution in [-0.4, -0.2) is 55.4 Å². The molecule has 0 radical (unpaired) electrons. The molecular formula is C19H20F3N3O7S. The van der Waals surface area contributed by atoms with Crippen molar-refractivity contribution in [2.45, 2.75) is 12.6 Å². The molecule has 0 saturated carbocycles. The molecule has 180 valence electrons. The van der Waals surface area contributed by atoms with E-state index >= 15 is 0 Å². The molecule has 0 aliphatic heterocycles. The van der Waals surface area contributed by atoms with Crippen LogP contribution in [0.3, 0.4) is 0 Å². The molecule has 2 aromatic rings. The van der Waals surface area contributed by atoms with E-state index in [9.17, 15) is 31.5 Å². The normalized spacial score (nSPS) is 11.0. The number of amidine groups is 1. The molecule has 0 fully saturated rings. The van der Waals surface area contributed by atoms with Crippen LogP contribution in [0.2, 0.25) is 0 Å². The lowest BCUT2D eigenvalue weighted by Crippen LogP contribution is -2.21. The van der Waals surface area contributed by atoms with Crippen LogP contribution in [0.4, 0.5) is 18.9 Å². The van der Waals surface area contributed by atoms with Crippen LogP contribution in [0.1, 0.15) is 21.5 Å². The number of hydrogen-bond acceptors (Lipinski definition) is 6. The molecule has 6 N–H and O–H groups in total. The highest BCUT2D eigenvalue weighted by Crippen LogP contribution is 2.24. The van der Waals surface area contributed by atoms with Gasteiger partial charge in [0.15, 0.2) is 0 Å². The first kappa shape index (κ1) is 27.2. The molecule has 0 aliphatic rings. The molecule has 10 nitrogen and oxygen atoms in total. The van der Waals surface area contributed by atoms with Crippen LogP contribution >= 0.6 is 0 Å². The lowest BCUT2D eigenvalue weighted by atomic mass is 10.1. The van der Waals surface area contributed by atoms with Gasteiger partial charge in [0.25, 0.3) is 0 Å². The number of anilines is 1. The monoisotopic (exact) mass is 491 g/mol. The Kier molecular flexibility index (Phi) is 9.22. The van der Waals surface area contributed by atoms with Crippen LogP contribution in [0.15, 0.2) is 42.5 Å². The van der Waals surface area contributed by atoms with Gasteiger partial charge in [0.05, 0.1) is 12.9 Å². The van der Waals surface area contributed by atoms with Gasteiger partial charge in [-0.25, -0.2) is 18.0 Å². The van der Waals surface area contributed by atoms with Crippen molar-refractivity contribution in [3.05, 3.63) is 59.2 Å². The average molecular weight is 491 g/mol. The number of carbonyl (C=O) groups is 2. The number of hydrogen-bond donors (Lipinski definition) is 5. The van der Waals surface area contributed by atoms with Crippen molar-refractivity contribution in [2.75, 3.05) is 17.6 Å². The van der Waals surface area contributed by atoms with Crippen molar-refractivity contribution in [1.29, 1.82) is 5.41 Å². The third kappa shape index (κ3) is 9.90. The summed E-state index contributed by atoms with van der Waals surface area (Å²) in [6.45, 7) is 0.235. The van der Waals surface area contributed by atoms with Crippen LogP contribution in [0.5, 0.6) is 5.75 Å². The minimum absolute atomic E-state index is 0.0123. The van der Waals surface area contributed by atoms with E-state index in [2.05, 4.69) is 4.72 Å². The fraction of sp³-hybridized carbons (Fsp3) is 0.211. The quantitative estimate of drug-likeness (QED) is 0.275. The molecule has 0 saturated heterocycles. The Labute approximate surface area is 186 Å². The molecule has 0 unspecified atom stereocenters. The molecule has 0 amide bonds. The lowest BCUT2D eigenvalue weighted by molar-refractivity contribution is -0.192. The molecule has 0 aliphatic carbocycles. The summed E-state index contributed by atoms with van der Waals surface area (Å²) in [5.74, 6) is -3.84. The second-order valence-corrected chi connectivity index (χ2v) is 8.15. The number of carboxylic acids is 2. The maximum atomic E-state index is 11.4. The number of aliphatic carboxylic acids is 1. The molecule has 0 heterocycles. The second-order valence-electron chi connectivity index (χ2n) is 6.40. The van der Waals surface area contributed by atoms with Crippen LogP contribution in [-0.2, 0) is 21.2 Å². The summed E-state index contributed by atoms with van der Waals surface area (Å²) >= 11 is 0. The van der Waals surface area contributed by atoms with Crippen molar-refractivity contribution < 1.29 is 46.1 Å². The van der Waals surface area contributed by atoms with Crippen molar-refractivity contribution in [3.8, 4) is 5.75 Å². The highest BCUT2D eigenvalue weighted by Gasteiger charge is 2.38. The number of sulfonamides is 1. The molecule has 2 aromatic carbocycles. The predicted molar refractivity (Wildman–Crippen MR) is 112 cm³/mol. The van der Waals surface area contributed by atoms with Crippen molar-refractivity contribution in [3.63, 3.8) is 0 Å². The maximum absolute atomic E-state index is 11.4. The summed E-state index contributed by atoms with van der Waals surface area (Å²) in [6, 6.07) is 11.1. The SMILES string of the molecule is CS(=O)(=O)Nc1ccc(OCCc2ccc(C(=N)N)cc2)c(C(=O)O)c1.O=C(O)C(F)(F)F. The van der Waals surface area contributed by atoms with Gasteiger partial charge in [-0.05, 0) is 23.8 Å². The number of rotatable bonds is 8. The fourth-order valence-electron chi connectivity index (χ4n) is 2.23. The lowest BCUT2D eigenvalue weighted by Gasteiger charge is -2.11. The first-order valence-corrected chi connectivity index (χ1v) is 10.7. The number of carboxylic acid groups (broad SMARTS) is 2. The third-order valence-corrected chi connectivity index (χ3v) is 4.28. The van der Waals surface area contributed by atoms with Gasteiger partial charge in [-0.3, -0.25) is 10.1 Å². The van der Waals surface area contributed by atoms with E-state index in [0.29, 0.717) is 12.0 Å². The Morgan fingerprint density at radius 2 is 1.67 bits per heavy atom. The maximum Gasteiger partial charge on any atom is 0.490 e. The largest absolute Gasteiger partial charge is 0.492 e. The van der Waals surface area contributed by atoms with Gasteiger partial charge < -0.3 is 20.7 Å². The van der Waals surface area contributed by atoms with Gasteiger partial charge in [0, 0.05) is 17.7 Å². The minimum Gasteiger partial charge on any atom is -0.492 e. The van der Waals surface area contributed by atoms with E-state index in [-0.39, 0.29) is 29.4 Å². The number of ether oxygens (including phenoxy) is 1. The molecule has 0 bridgehead atoms. The second kappa shape index (κ2) is 11.2. The van der Waals surface area contributed by atoms with E-state index in [1.165, 1.54) is 18.2 Å². The van der Waals surface area contributed by atoms with Gasteiger partial charge in [-0.15, -0.1) is 0 Å². The van der Waals surface area contributed by atoms with Gasteiger partial charge in [-0.1, -0.05) is 24.3 Å². The Balaban J connectivity index is 0.000000675. The number of nitrogen functional groups attached to an aromatic ring is 1. The minimum atomic E-state index is -5.08. The molecule has 0 aromatic heterocycles. The van der Waals surface area contributed by atoms with Crippen molar-refractivity contribution >= 4 is 33.5 Å². The zero-order valence-corrected chi connectivity index (χ0v) is 17.8. The fourth-order valence-corrected chi connectivity index (χ4v) is 2.79. The van der Waals surface area contributed by atoms with E-state index in [1.807, 2.05) is 12.1 Å². The molecule has 33 heavy (non-hydrogen) atoms. The summed E-state index contributed by atoms with van der Waals surface area (Å²) < 4.78 is 62.0. The van der Waals surface area contributed by atoms with Gasteiger partial charge in [0.2, 0.25) is 10.0 Å². The van der Waals surface area contributed by atoms with Crippen LogP contribution in [0.25, 0.3) is 0 Å². The van der Waals surface area contributed by atoms with Crippen molar-refractivity contribution in [2.24, 2.45) is 5.73 Å². The molecule has 0 spiro atoms. The number of alkyl halides is 3. The highest BCUT2D eigenvalue weighted by atomic mass is 32.2. The third-order valence-electron chi connectivity index (χ3n) is 3.67. The Bertz CT molecular complexity index is 1120. The average Bonchev–Trinajstić information content (AvgIpc) is 2.67. The summed E-state index contributed by atoms with van der Waals surface area (Å²) in [4.78, 5) is 20.3. The molecular weight excluding hydrogens is 471 g/mol. The summed E-state index contributed by atoms with van der Waals surface area (Å²) in [7, 11) is -3.50. The van der Waals surface area contributed by atoms with Gasteiger partial charge >= 0.3 is 18.1 Å². The number of nitrogens with two attached hydrogens (primary N) is 1. The Hall–Kier alpha value is -3.81. The van der Waals surface area contributed by atoms with E-state index in [4.69, 9.17) is 25.8 Å². The standard InChI is InChI=1S/C17H19N3O5S.C2HF3O2/c1-26(23,24)20-13-6-7-15(14(10-13)17(21)22)25-9-8-11-2-4-12(5-3-11)16(18)19;3-2(4,5)1(6)7/h2-7,10,20H,8-9H2,1H3,(H3,18,19)(H,21,22);(H,6,7). The first-order valence-electron chi connectivity index (χ1n) is 8.81. The van der Waals surface area contributed by atoms with Crippen molar-refractivity contribution in [1.82, 2.24) is 0 Å². The Morgan fingerprint density at radius 1 is 1.12 bits per heavy atom. The smallest absolute Gasteiger partial charge is 0.490 e. The molecule has 14 heteroatoms. The molecule has 2 rings (SSSR count). The first-order chi connectivity index (χ1) is 15.1. The van der Waals surface area contributed by atoms with Crippen LogP contribution < -0.4 is 15.2 Å². The van der Waals surface area contributed by atoms with E-state index in [1.54, 1.807) is 12.1 Å². The van der Waals surface area contributed by atoms with E-state index in [0.717, 1.165) is 11.8 Å². The molecule has 0 atom stereocenters. The zero-order valence-electron chi connectivity index (χ0n) is 17.0. The van der Waals surface area contributed by atoms with E-state index < -0.39 is 28.1 Å². The highest BCUT2D eigenvalue weighted by molar-refractivity contribution is 7.92. The number of halogens is 3. The predicted octanol–water partition coefficient (Wildman–Crippen LogP) is 2.30. The van der Waals surface area contributed by atoms with Crippen LogP contribution in [0, 0.1) is 5.41 Å². The number of benzene rings is 2. The topological polar surface area (TPSA) is 180 Å². The number of nitrogens with one attached hydrogen (secondary N) is 2. The Morgan fingerprint density at radius 3 is 2.09 bits per heavy atom. The zero-order chi connectivity index (χ0) is 25.4. The summed E-state index contributed by atoms with van der Waals surface area (Å²) in [6.07, 6.45) is -3.57. The number of aromatic carboxylic acids is 1. The van der Waals surface area contributed by atoms with Gasteiger partial charge in [0.1, 0.15) is 17.1 Å². The van der Waals surface area contributed by atoms with Gasteiger partial charge in [-0.2, -0.15) is 13.2 Å². The summed E-state index contributed by atoms with van der Waals surface area (Å²) in [5.41, 5.74) is 6.98.